The van der Waals surface area contributed by atoms with Gasteiger partial charge in [0.15, 0.2) is 0 Å². The van der Waals surface area contributed by atoms with Crippen LogP contribution >= 0.6 is 0 Å². The fourth-order valence-corrected chi connectivity index (χ4v) is 3.70. The van der Waals surface area contributed by atoms with Gasteiger partial charge in [-0.3, -0.25) is 4.79 Å². The second kappa shape index (κ2) is 8.21. The fourth-order valence-electron chi connectivity index (χ4n) is 2.69. The molecule has 2 rings (SSSR count). The SMILES string of the molecule is Cc1cc(S(=O)(=O)N(C)C)cc(NC(=O)C(C)C(N)c2ccccc2)c1C. The number of carbonyl (C=O) groups excluding carboxylic acids is 1. The number of rotatable bonds is 6. The van der Waals surface area contributed by atoms with Crippen LogP contribution in [0.5, 0.6) is 0 Å². The lowest BCUT2D eigenvalue weighted by atomic mass is 9.94. The van der Waals surface area contributed by atoms with E-state index in [2.05, 4.69) is 5.32 Å². The van der Waals surface area contributed by atoms with Gasteiger partial charge in [-0.15, -0.1) is 0 Å². The van der Waals surface area contributed by atoms with Crippen LogP contribution < -0.4 is 11.1 Å². The smallest absolute Gasteiger partial charge is 0.242 e. The van der Waals surface area contributed by atoms with E-state index >= 15 is 0 Å². The number of sulfonamides is 1. The summed E-state index contributed by atoms with van der Waals surface area (Å²) < 4.78 is 26.1. The van der Waals surface area contributed by atoms with Crippen LogP contribution in [0.4, 0.5) is 5.69 Å². The Labute approximate surface area is 161 Å². The molecule has 146 valence electrons. The molecular formula is C20H27N3O3S. The van der Waals surface area contributed by atoms with Gasteiger partial charge in [0.05, 0.1) is 10.8 Å². The van der Waals surface area contributed by atoms with Crippen molar-refractivity contribution in [1.82, 2.24) is 4.31 Å². The summed E-state index contributed by atoms with van der Waals surface area (Å²) in [5.41, 5.74) is 9.19. The first-order valence-electron chi connectivity index (χ1n) is 8.71. The summed E-state index contributed by atoms with van der Waals surface area (Å²) >= 11 is 0. The van der Waals surface area contributed by atoms with E-state index in [1.807, 2.05) is 44.2 Å². The van der Waals surface area contributed by atoms with Crippen molar-refractivity contribution < 1.29 is 13.2 Å². The molecule has 0 radical (unpaired) electrons. The Balaban J connectivity index is 2.31. The average molecular weight is 390 g/mol. The number of anilines is 1. The van der Waals surface area contributed by atoms with Crippen molar-refractivity contribution in [1.29, 1.82) is 0 Å². The van der Waals surface area contributed by atoms with Gasteiger partial charge in [0, 0.05) is 25.8 Å². The number of benzene rings is 2. The average Bonchev–Trinajstić information content (AvgIpc) is 2.64. The minimum absolute atomic E-state index is 0.144. The summed E-state index contributed by atoms with van der Waals surface area (Å²) in [6, 6.07) is 12.1. The van der Waals surface area contributed by atoms with E-state index in [9.17, 15) is 13.2 Å². The Morgan fingerprint density at radius 2 is 1.70 bits per heavy atom. The summed E-state index contributed by atoms with van der Waals surface area (Å²) in [5.74, 6) is -0.741. The molecule has 0 saturated carbocycles. The van der Waals surface area contributed by atoms with E-state index in [0.29, 0.717) is 5.69 Å². The van der Waals surface area contributed by atoms with E-state index < -0.39 is 22.0 Å². The molecule has 7 heteroatoms. The predicted molar refractivity (Wildman–Crippen MR) is 108 cm³/mol. The van der Waals surface area contributed by atoms with Crippen molar-refractivity contribution >= 4 is 21.6 Å². The van der Waals surface area contributed by atoms with Gasteiger partial charge in [-0.1, -0.05) is 37.3 Å². The van der Waals surface area contributed by atoms with Gasteiger partial charge in [0.1, 0.15) is 0 Å². The molecule has 6 nitrogen and oxygen atoms in total. The van der Waals surface area contributed by atoms with Gasteiger partial charge in [0.2, 0.25) is 15.9 Å². The molecule has 0 aliphatic heterocycles. The Hall–Kier alpha value is -2.22. The molecule has 0 aliphatic rings. The third-order valence-corrected chi connectivity index (χ3v) is 6.61. The highest BCUT2D eigenvalue weighted by molar-refractivity contribution is 7.89. The van der Waals surface area contributed by atoms with Gasteiger partial charge in [-0.2, -0.15) is 0 Å². The quantitative estimate of drug-likeness (QED) is 0.794. The zero-order valence-corrected chi connectivity index (χ0v) is 17.2. The predicted octanol–water partition coefficient (Wildman–Crippen LogP) is 2.83. The van der Waals surface area contributed by atoms with Crippen LogP contribution in [0.15, 0.2) is 47.4 Å². The Bertz CT molecular complexity index is 925. The third-order valence-electron chi connectivity index (χ3n) is 4.81. The van der Waals surface area contributed by atoms with Crippen LogP contribution in [0.25, 0.3) is 0 Å². The van der Waals surface area contributed by atoms with Crippen LogP contribution in [0.3, 0.4) is 0 Å². The van der Waals surface area contributed by atoms with Crippen molar-refractivity contribution in [3.63, 3.8) is 0 Å². The number of hydrogen-bond donors (Lipinski definition) is 2. The lowest BCUT2D eigenvalue weighted by molar-refractivity contribution is -0.120. The van der Waals surface area contributed by atoms with Crippen molar-refractivity contribution in [2.24, 2.45) is 11.7 Å². The topological polar surface area (TPSA) is 92.5 Å². The summed E-state index contributed by atoms with van der Waals surface area (Å²) in [7, 11) is -0.645. The molecule has 0 aliphatic carbocycles. The second-order valence-corrected chi connectivity index (χ2v) is 9.07. The Morgan fingerprint density at radius 3 is 2.26 bits per heavy atom. The van der Waals surface area contributed by atoms with Crippen LogP contribution in [0.1, 0.15) is 29.7 Å². The van der Waals surface area contributed by atoms with E-state index in [-0.39, 0.29) is 10.8 Å². The number of hydrogen-bond acceptors (Lipinski definition) is 4. The zero-order valence-electron chi connectivity index (χ0n) is 16.4. The van der Waals surface area contributed by atoms with Gasteiger partial charge in [-0.25, -0.2) is 12.7 Å². The summed E-state index contributed by atoms with van der Waals surface area (Å²) in [6.45, 7) is 5.42. The zero-order chi connectivity index (χ0) is 20.4. The Kier molecular flexibility index (Phi) is 6.41. The Morgan fingerprint density at radius 1 is 1.11 bits per heavy atom. The molecule has 2 aromatic rings. The molecule has 0 saturated heterocycles. The number of nitrogens with one attached hydrogen (secondary N) is 1. The molecule has 0 spiro atoms. The fraction of sp³-hybridized carbons (Fsp3) is 0.350. The second-order valence-electron chi connectivity index (χ2n) is 6.91. The molecule has 27 heavy (non-hydrogen) atoms. The number of nitrogens with two attached hydrogens (primary N) is 1. The van der Waals surface area contributed by atoms with Crippen LogP contribution in [-0.4, -0.2) is 32.7 Å². The molecule has 0 fully saturated rings. The molecule has 0 aromatic heterocycles. The maximum Gasteiger partial charge on any atom is 0.242 e. The number of aryl methyl sites for hydroxylation is 1. The molecule has 0 bridgehead atoms. The molecule has 0 heterocycles. The molecular weight excluding hydrogens is 362 g/mol. The molecule has 1 amide bonds. The largest absolute Gasteiger partial charge is 0.326 e. The normalized spacial score (nSPS) is 14.0. The van der Waals surface area contributed by atoms with Crippen molar-refractivity contribution in [2.75, 3.05) is 19.4 Å². The maximum atomic E-state index is 12.7. The van der Waals surface area contributed by atoms with Gasteiger partial charge >= 0.3 is 0 Å². The van der Waals surface area contributed by atoms with Crippen LogP contribution in [0.2, 0.25) is 0 Å². The van der Waals surface area contributed by atoms with Gasteiger partial charge < -0.3 is 11.1 Å². The molecule has 2 aromatic carbocycles. The third kappa shape index (κ3) is 4.55. The number of nitrogens with zero attached hydrogens (tertiary/aromatic N) is 1. The minimum Gasteiger partial charge on any atom is -0.326 e. The highest BCUT2D eigenvalue weighted by atomic mass is 32.2. The first-order valence-corrected chi connectivity index (χ1v) is 10.1. The van der Waals surface area contributed by atoms with Crippen molar-refractivity contribution in [2.45, 2.75) is 31.7 Å². The number of amides is 1. The van der Waals surface area contributed by atoms with Crippen molar-refractivity contribution in [3.8, 4) is 0 Å². The molecule has 3 N–H and O–H groups in total. The van der Waals surface area contributed by atoms with E-state index in [0.717, 1.165) is 21.0 Å². The monoisotopic (exact) mass is 389 g/mol. The summed E-state index contributed by atoms with van der Waals surface area (Å²) in [6.07, 6.45) is 0. The van der Waals surface area contributed by atoms with Crippen LogP contribution in [-0.2, 0) is 14.8 Å². The lowest BCUT2D eigenvalue weighted by Crippen LogP contribution is -2.31. The standard InChI is InChI=1S/C20H27N3O3S/c1-13-11-17(27(25,26)23(4)5)12-18(14(13)2)22-20(24)15(3)19(21)16-9-7-6-8-10-16/h6-12,15,19H,21H2,1-5H3,(H,22,24). The maximum absolute atomic E-state index is 12.7. The number of carbonyl (C=O) groups is 1. The first-order chi connectivity index (χ1) is 12.6. The van der Waals surface area contributed by atoms with E-state index in [4.69, 9.17) is 5.73 Å². The van der Waals surface area contributed by atoms with Gasteiger partial charge in [0.25, 0.3) is 0 Å². The van der Waals surface area contributed by atoms with Crippen LogP contribution in [0, 0.1) is 19.8 Å². The van der Waals surface area contributed by atoms with E-state index in [1.54, 1.807) is 13.0 Å². The minimum atomic E-state index is -3.60. The van der Waals surface area contributed by atoms with Gasteiger partial charge in [-0.05, 0) is 42.7 Å². The highest BCUT2D eigenvalue weighted by Crippen LogP contribution is 2.27. The molecule has 2 atom stereocenters. The summed E-state index contributed by atoms with van der Waals surface area (Å²) in [5, 5.41) is 2.85. The molecule has 2 unspecified atom stereocenters. The van der Waals surface area contributed by atoms with Crippen molar-refractivity contribution in [3.05, 3.63) is 59.2 Å². The summed E-state index contributed by atoms with van der Waals surface area (Å²) in [4.78, 5) is 12.9. The first kappa shape index (κ1) is 21.1. The highest BCUT2D eigenvalue weighted by Gasteiger charge is 2.24. The lowest BCUT2D eigenvalue weighted by Gasteiger charge is -2.21. The van der Waals surface area contributed by atoms with E-state index in [1.165, 1.54) is 20.2 Å².